The van der Waals surface area contributed by atoms with Gasteiger partial charge in [0.2, 0.25) is 0 Å². The lowest BCUT2D eigenvalue weighted by molar-refractivity contribution is 0.223. The van der Waals surface area contributed by atoms with E-state index in [1.165, 1.54) is 18.5 Å². The largest absolute Gasteiger partial charge is 0.493 e. The molecule has 2 aromatic rings. The number of aromatic nitrogens is 1. The number of piperidine rings is 1. The Morgan fingerprint density at radius 1 is 1.10 bits per heavy atom. The standard InChI is InChI=1S/C17H19N2O/c1-2-4-17(5-3-1)20-14-15-8-12-19(13-9-15)16-6-10-18-11-7-16/h2-7,10-11,15H,8-9,12-14H2. The second-order valence-corrected chi connectivity index (χ2v) is 5.18. The van der Waals surface area contributed by atoms with Crippen molar-refractivity contribution in [2.24, 2.45) is 5.92 Å². The maximum absolute atomic E-state index is 5.84. The molecule has 0 N–H and O–H groups in total. The van der Waals surface area contributed by atoms with Gasteiger partial charge in [0.05, 0.1) is 6.61 Å². The zero-order chi connectivity index (χ0) is 13.6. The number of hydrogen-bond donors (Lipinski definition) is 0. The van der Waals surface area contributed by atoms with E-state index in [4.69, 9.17) is 4.74 Å². The van der Waals surface area contributed by atoms with Gasteiger partial charge in [-0.3, -0.25) is 4.98 Å². The maximum Gasteiger partial charge on any atom is 0.119 e. The first-order valence-electron chi connectivity index (χ1n) is 7.16. The van der Waals surface area contributed by atoms with E-state index in [1.54, 1.807) is 0 Å². The summed E-state index contributed by atoms with van der Waals surface area (Å²) in [6, 6.07) is 14.9. The lowest BCUT2D eigenvalue weighted by Crippen LogP contribution is -2.35. The molecule has 103 valence electrons. The smallest absolute Gasteiger partial charge is 0.119 e. The van der Waals surface area contributed by atoms with Gasteiger partial charge >= 0.3 is 0 Å². The third-order valence-electron chi connectivity index (χ3n) is 3.82. The lowest BCUT2D eigenvalue weighted by Gasteiger charge is -2.33. The zero-order valence-corrected chi connectivity index (χ0v) is 11.5. The molecule has 3 rings (SSSR count). The number of benzene rings is 1. The van der Waals surface area contributed by atoms with Crippen LogP contribution in [-0.4, -0.2) is 24.7 Å². The van der Waals surface area contributed by atoms with Gasteiger partial charge in [-0.15, -0.1) is 0 Å². The molecule has 1 aromatic heterocycles. The molecule has 20 heavy (non-hydrogen) atoms. The van der Waals surface area contributed by atoms with Crippen LogP contribution in [0.1, 0.15) is 12.8 Å². The van der Waals surface area contributed by atoms with Gasteiger partial charge in [-0.2, -0.15) is 0 Å². The molecule has 0 atom stereocenters. The molecule has 2 heterocycles. The van der Waals surface area contributed by atoms with Crippen LogP contribution in [0, 0.1) is 12.0 Å². The Morgan fingerprint density at radius 3 is 2.50 bits per heavy atom. The molecule has 0 saturated carbocycles. The minimum Gasteiger partial charge on any atom is -0.493 e. The summed E-state index contributed by atoms with van der Waals surface area (Å²) in [6.45, 7) is 3.01. The first kappa shape index (κ1) is 13.0. The summed E-state index contributed by atoms with van der Waals surface area (Å²) in [5.74, 6) is 1.59. The molecule has 3 heteroatoms. The average Bonchev–Trinajstić information content (AvgIpc) is 2.55. The lowest BCUT2D eigenvalue weighted by atomic mass is 9.97. The molecule has 0 bridgehead atoms. The highest BCUT2D eigenvalue weighted by atomic mass is 16.5. The van der Waals surface area contributed by atoms with E-state index in [2.05, 4.69) is 28.1 Å². The third-order valence-corrected chi connectivity index (χ3v) is 3.82. The Morgan fingerprint density at radius 2 is 1.80 bits per heavy atom. The van der Waals surface area contributed by atoms with Crippen LogP contribution in [0.25, 0.3) is 0 Å². The van der Waals surface area contributed by atoms with E-state index in [0.29, 0.717) is 5.92 Å². The molecule has 1 fully saturated rings. The summed E-state index contributed by atoms with van der Waals surface area (Å²) in [6.07, 6.45) is 6.08. The fourth-order valence-corrected chi connectivity index (χ4v) is 2.59. The van der Waals surface area contributed by atoms with Crippen LogP contribution in [0.5, 0.6) is 5.75 Å². The number of ether oxygens (including phenoxy) is 1. The number of nitrogens with zero attached hydrogens (tertiary/aromatic N) is 2. The fraction of sp³-hybridized carbons (Fsp3) is 0.353. The molecule has 0 amide bonds. The van der Waals surface area contributed by atoms with Crippen molar-refractivity contribution in [1.29, 1.82) is 0 Å². The van der Waals surface area contributed by atoms with Gasteiger partial charge in [-0.05, 0) is 49.1 Å². The van der Waals surface area contributed by atoms with Gasteiger partial charge < -0.3 is 9.64 Å². The SMILES string of the molecule is [c]1ccc(OCC2CCN(c3ccncc3)CC2)cc1. The monoisotopic (exact) mass is 267 g/mol. The van der Waals surface area contributed by atoms with Crippen molar-refractivity contribution >= 4 is 5.69 Å². The summed E-state index contributed by atoms with van der Waals surface area (Å²) >= 11 is 0. The summed E-state index contributed by atoms with van der Waals surface area (Å²) in [5, 5.41) is 0. The van der Waals surface area contributed by atoms with Gasteiger partial charge in [-0.25, -0.2) is 0 Å². The van der Waals surface area contributed by atoms with Crippen LogP contribution in [-0.2, 0) is 0 Å². The molecule has 0 aliphatic carbocycles. The Labute approximate surface area is 120 Å². The molecule has 0 spiro atoms. The minimum atomic E-state index is 0.650. The van der Waals surface area contributed by atoms with E-state index in [-0.39, 0.29) is 0 Å². The molecule has 0 unspecified atom stereocenters. The van der Waals surface area contributed by atoms with Gasteiger partial charge in [0.1, 0.15) is 5.75 Å². The molecular weight excluding hydrogens is 248 g/mol. The Hall–Kier alpha value is -2.03. The Kier molecular flexibility index (Phi) is 4.16. The number of rotatable bonds is 4. The number of hydrogen-bond acceptors (Lipinski definition) is 3. The van der Waals surface area contributed by atoms with Gasteiger partial charge in [-0.1, -0.05) is 12.1 Å². The number of anilines is 1. The van der Waals surface area contributed by atoms with Crippen LogP contribution in [0.4, 0.5) is 5.69 Å². The second kappa shape index (κ2) is 6.42. The van der Waals surface area contributed by atoms with Crippen LogP contribution in [0.2, 0.25) is 0 Å². The minimum absolute atomic E-state index is 0.650. The normalized spacial score (nSPS) is 16.1. The van der Waals surface area contributed by atoms with E-state index in [1.807, 2.05) is 36.7 Å². The van der Waals surface area contributed by atoms with Crippen molar-refractivity contribution < 1.29 is 4.74 Å². The van der Waals surface area contributed by atoms with Gasteiger partial charge in [0, 0.05) is 31.2 Å². The zero-order valence-electron chi connectivity index (χ0n) is 11.5. The van der Waals surface area contributed by atoms with E-state index in [0.717, 1.165) is 25.4 Å². The molecule has 1 aliphatic heterocycles. The van der Waals surface area contributed by atoms with Gasteiger partial charge in [0.15, 0.2) is 0 Å². The second-order valence-electron chi connectivity index (χ2n) is 5.18. The topological polar surface area (TPSA) is 25.4 Å². The molecular formula is C17H19N2O. The summed E-state index contributed by atoms with van der Waals surface area (Å²) in [4.78, 5) is 6.50. The van der Waals surface area contributed by atoms with Crippen molar-refractivity contribution in [1.82, 2.24) is 4.98 Å². The van der Waals surface area contributed by atoms with Crippen LogP contribution in [0.3, 0.4) is 0 Å². The van der Waals surface area contributed by atoms with Crippen LogP contribution < -0.4 is 9.64 Å². The number of pyridine rings is 1. The first-order chi connectivity index (χ1) is 9.92. The van der Waals surface area contributed by atoms with Gasteiger partial charge in [0.25, 0.3) is 0 Å². The average molecular weight is 267 g/mol. The summed E-state index contributed by atoms with van der Waals surface area (Å²) in [7, 11) is 0. The molecule has 1 aliphatic rings. The third kappa shape index (κ3) is 3.29. The summed E-state index contributed by atoms with van der Waals surface area (Å²) < 4.78 is 5.84. The highest BCUT2D eigenvalue weighted by molar-refractivity contribution is 5.44. The quantitative estimate of drug-likeness (QED) is 0.850. The van der Waals surface area contributed by atoms with E-state index < -0.39 is 0 Å². The predicted octanol–water partition coefficient (Wildman–Crippen LogP) is 3.18. The maximum atomic E-state index is 5.84. The van der Waals surface area contributed by atoms with Crippen molar-refractivity contribution in [3.63, 3.8) is 0 Å². The van der Waals surface area contributed by atoms with Crippen molar-refractivity contribution in [2.45, 2.75) is 12.8 Å². The predicted molar refractivity (Wildman–Crippen MR) is 79.9 cm³/mol. The molecule has 1 radical (unpaired) electrons. The fourth-order valence-electron chi connectivity index (χ4n) is 2.59. The van der Waals surface area contributed by atoms with Crippen LogP contribution >= 0.6 is 0 Å². The Bertz CT molecular complexity index is 507. The highest BCUT2D eigenvalue weighted by Gasteiger charge is 2.19. The summed E-state index contributed by atoms with van der Waals surface area (Å²) in [5.41, 5.74) is 1.28. The van der Waals surface area contributed by atoms with Crippen molar-refractivity contribution in [3.05, 3.63) is 54.9 Å². The molecule has 1 aromatic carbocycles. The molecule has 1 saturated heterocycles. The highest BCUT2D eigenvalue weighted by Crippen LogP contribution is 2.23. The van der Waals surface area contributed by atoms with Crippen LogP contribution in [0.15, 0.2) is 48.8 Å². The molecule has 3 nitrogen and oxygen atoms in total. The Balaban J connectivity index is 1.47. The van der Waals surface area contributed by atoms with E-state index >= 15 is 0 Å². The van der Waals surface area contributed by atoms with Crippen molar-refractivity contribution in [3.8, 4) is 5.75 Å². The van der Waals surface area contributed by atoms with E-state index in [9.17, 15) is 0 Å². The van der Waals surface area contributed by atoms with Crippen molar-refractivity contribution in [2.75, 3.05) is 24.6 Å². The first-order valence-corrected chi connectivity index (χ1v) is 7.16.